The molecule has 2 unspecified atom stereocenters. The summed E-state index contributed by atoms with van der Waals surface area (Å²) in [6.45, 7) is 7.01. The fraction of sp³-hybridized carbons (Fsp3) is 0.588. The largest absolute Gasteiger partial charge is 0.496 e. The standard InChI is InChI=1S/C17H24ClN3O3.2ClH/c1-11-9-21(10-15(11)20-3-5-24-6-4-20)17(22)12-7-13(18)14(19)8-16(12)23-2;;/h7-8,11,15H,3-6,9-10,19H2,1-2H3;2*1H. The van der Waals surface area contributed by atoms with Gasteiger partial charge in [-0.05, 0) is 12.0 Å². The highest BCUT2D eigenvalue weighted by Crippen LogP contribution is 2.31. The molecule has 0 saturated carbocycles. The summed E-state index contributed by atoms with van der Waals surface area (Å²) in [5.74, 6) is 0.822. The second-order valence-electron chi connectivity index (χ2n) is 6.48. The Bertz CT molecular complexity index is 627. The van der Waals surface area contributed by atoms with Crippen molar-refractivity contribution in [2.24, 2.45) is 5.92 Å². The molecular weight excluding hydrogens is 401 g/mol. The van der Waals surface area contributed by atoms with E-state index < -0.39 is 0 Å². The summed E-state index contributed by atoms with van der Waals surface area (Å²) in [6.07, 6.45) is 0. The molecule has 148 valence electrons. The first-order chi connectivity index (χ1) is 11.5. The number of anilines is 1. The number of nitrogens with zero attached hydrogens (tertiary/aromatic N) is 2. The molecule has 0 bridgehead atoms. The SMILES string of the molecule is COc1cc(N)c(Cl)cc1C(=O)N1CC(C)C(N2CCOCC2)C1.Cl.Cl. The summed E-state index contributed by atoms with van der Waals surface area (Å²) in [7, 11) is 1.53. The molecule has 2 N–H and O–H groups in total. The number of morpholine rings is 1. The number of rotatable bonds is 3. The number of amides is 1. The number of hydrogen-bond acceptors (Lipinski definition) is 5. The Morgan fingerprint density at radius 1 is 1.27 bits per heavy atom. The summed E-state index contributed by atoms with van der Waals surface area (Å²) < 4.78 is 10.7. The van der Waals surface area contributed by atoms with Crippen LogP contribution in [0.4, 0.5) is 5.69 Å². The zero-order valence-corrected chi connectivity index (χ0v) is 17.3. The molecule has 6 nitrogen and oxygen atoms in total. The van der Waals surface area contributed by atoms with Crippen LogP contribution in [0.3, 0.4) is 0 Å². The number of nitrogens with two attached hydrogens (primary N) is 1. The molecule has 2 aliphatic heterocycles. The number of nitrogen functional groups attached to an aromatic ring is 1. The van der Waals surface area contributed by atoms with Crippen molar-refractivity contribution >= 4 is 48.0 Å². The second kappa shape index (κ2) is 9.85. The van der Waals surface area contributed by atoms with Crippen molar-refractivity contribution in [2.45, 2.75) is 13.0 Å². The second-order valence-corrected chi connectivity index (χ2v) is 6.88. The Morgan fingerprint density at radius 3 is 2.54 bits per heavy atom. The van der Waals surface area contributed by atoms with Gasteiger partial charge in [-0.2, -0.15) is 0 Å². The smallest absolute Gasteiger partial charge is 0.257 e. The number of carbonyl (C=O) groups is 1. The molecule has 2 heterocycles. The van der Waals surface area contributed by atoms with Gasteiger partial charge in [0.05, 0.1) is 36.6 Å². The Hall–Kier alpha value is -0.920. The van der Waals surface area contributed by atoms with Gasteiger partial charge < -0.3 is 20.1 Å². The molecule has 9 heteroatoms. The van der Waals surface area contributed by atoms with Crippen LogP contribution in [-0.4, -0.2) is 68.3 Å². The summed E-state index contributed by atoms with van der Waals surface area (Å²) in [4.78, 5) is 17.3. The number of benzene rings is 1. The molecule has 0 aromatic heterocycles. The van der Waals surface area contributed by atoms with E-state index in [-0.39, 0.29) is 30.7 Å². The van der Waals surface area contributed by atoms with Gasteiger partial charge in [0.25, 0.3) is 5.91 Å². The number of ether oxygens (including phenoxy) is 2. The first-order valence-corrected chi connectivity index (χ1v) is 8.63. The lowest BCUT2D eigenvalue weighted by Crippen LogP contribution is -2.47. The van der Waals surface area contributed by atoms with Crippen molar-refractivity contribution in [2.75, 3.05) is 52.2 Å². The van der Waals surface area contributed by atoms with Crippen molar-refractivity contribution in [3.8, 4) is 5.75 Å². The van der Waals surface area contributed by atoms with Gasteiger partial charge in [0.2, 0.25) is 0 Å². The molecule has 0 radical (unpaired) electrons. The summed E-state index contributed by atoms with van der Waals surface area (Å²) in [5.41, 5.74) is 6.68. The molecule has 2 fully saturated rings. The number of carbonyl (C=O) groups excluding carboxylic acids is 1. The zero-order valence-electron chi connectivity index (χ0n) is 14.9. The first kappa shape index (κ1) is 23.1. The van der Waals surface area contributed by atoms with Gasteiger partial charge in [0, 0.05) is 38.3 Å². The average Bonchev–Trinajstić information content (AvgIpc) is 2.99. The van der Waals surface area contributed by atoms with E-state index in [1.807, 2.05) is 4.90 Å². The van der Waals surface area contributed by atoms with Crippen molar-refractivity contribution in [1.29, 1.82) is 0 Å². The Balaban J connectivity index is 0.00000169. The van der Waals surface area contributed by atoms with Crippen LogP contribution in [0.5, 0.6) is 5.75 Å². The van der Waals surface area contributed by atoms with Gasteiger partial charge in [-0.15, -0.1) is 24.8 Å². The molecule has 2 aliphatic rings. The third-order valence-electron chi connectivity index (χ3n) is 4.92. The maximum absolute atomic E-state index is 13.0. The molecule has 1 aromatic carbocycles. The molecular formula is C17H26Cl3N3O3. The number of likely N-dealkylation sites (tertiary alicyclic amines) is 1. The van der Waals surface area contributed by atoms with Crippen LogP contribution in [0.2, 0.25) is 5.02 Å². The Labute approximate surface area is 171 Å². The average molecular weight is 427 g/mol. The highest BCUT2D eigenvalue weighted by Gasteiger charge is 2.37. The Morgan fingerprint density at radius 2 is 1.92 bits per heavy atom. The lowest BCUT2D eigenvalue weighted by atomic mass is 10.0. The molecule has 3 rings (SSSR count). The van der Waals surface area contributed by atoms with Crippen LogP contribution in [0, 0.1) is 5.92 Å². The van der Waals surface area contributed by atoms with E-state index in [0.29, 0.717) is 40.5 Å². The van der Waals surface area contributed by atoms with Crippen molar-refractivity contribution < 1.29 is 14.3 Å². The van der Waals surface area contributed by atoms with Gasteiger partial charge in [0.15, 0.2) is 0 Å². The molecule has 0 spiro atoms. The van der Waals surface area contributed by atoms with Gasteiger partial charge in [0.1, 0.15) is 5.75 Å². The third-order valence-corrected chi connectivity index (χ3v) is 5.25. The van der Waals surface area contributed by atoms with E-state index in [1.165, 1.54) is 7.11 Å². The molecule has 1 amide bonds. The lowest BCUT2D eigenvalue weighted by Gasteiger charge is -2.34. The predicted molar refractivity (Wildman–Crippen MR) is 108 cm³/mol. The number of hydrogen-bond donors (Lipinski definition) is 1. The number of halogens is 3. The maximum Gasteiger partial charge on any atom is 0.257 e. The molecule has 1 aromatic rings. The van der Waals surface area contributed by atoms with Crippen LogP contribution < -0.4 is 10.5 Å². The van der Waals surface area contributed by atoms with E-state index in [2.05, 4.69) is 11.8 Å². The minimum atomic E-state index is -0.0589. The van der Waals surface area contributed by atoms with Crippen molar-refractivity contribution in [3.05, 3.63) is 22.7 Å². The van der Waals surface area contributed by atoms with Crippen molar-refractivity contribution in [3.63, 3.8) is 0 Å². The van der Waals surface area contributed by atoms with E-state index in [0.717, 1.165) is 32.8 Å². The fourth-order valence-corrected chi connectivity index (χ4v) is 3.74. The fourth-order valence-electron chi connectivity index (χ4n) is 3.58. The Kier molecular flexibility index (Phi) is 8.76. The molecule has 0 aliphatic carbocycles. The van der Waals surface area contributed by atoms with Crippen LogP contribution in [0.15, 0.2) is 12.1 Å². The first-order valence-electron chi connectivity index (χ1n) is 8.25. The van der Waals surface area contributed by atoms with E-state index in [1.54, 1.807) is 12.1 Å². The summed E-state index contributed by atoms with van der Waals surface area (Å²) in [5, 5.41) is 0.371. The van der Waals surface area contributed by atoms with E-state index in [9.17, 15) is 4.79 Å². The summed E-state index contributed by atoms with van der Waals surface area (Å²) >= 11 is 6.10. The maximum atomic E-state index is 13.0. The van der Waals surface area contributed by atoms with Crippen LogP contribution >= 0.6 is 36.4 Å². The van der Waals surface area contributed by atoms with Crippen LogP contribution in [0.1, 0.15) is 17.3 Å². The zero-order chi connectivity index (χ0) is 17.3. The molecule has 2 saturated heterocycles. The van der Waals surface area contributed by atoms with Gasteiger partial charge >= 0.3 is 0 Å². The van der Waals surface area contributed by atoms with Crippen LogP contribution in [0.25, 0.3) is 0 Å². The quantitative estimate of drug-likeness (QED) is 0.752. The highest BCUT2D eigenvalue weighted by atomic mass is 35.5. The number of methoxy groups -OCH3 is 1. The van der Waals surface area contributed by atoms with Crippen molar-refractivity contribution in [1.82, 2.24) is 9.80 Å². The molecule has 26 heavy (non-hydrogen) atoms. The monoisotopic (exact) mass is 425 g/mol. The van der Waals surface area contributed by atoms with Gasteiger partial charge in [-0.3, -0.25) is 9.69 Å². The highest BCUT2D eigenvalue weighted by molar-refractivity contribution is 6.33. The topological polar surface area (TPSA) is 68.0 Å². The van der Waals surface area contributed by atoms with Gasteiger partial charge in [-0.25, -0.2) is 0 Å². The third kappa shape index (κ3) is 4.67. The minimum absolute atomic E-state index is 0. The molecule has 2 atom stereocenters. The normalized spacial score (nSPS) is 23.1. The van der Waals surface area contributed by atoms with E-state index >= 15 is 0 Å². The van der Waals surface area contributed by atoms with E-state index in [4.69, 9.17) is 26.8 Å². The minimum Gasteiger partial charge on any atom is -0.496 e. The van der Waals surface area contributed by atoms with Gasteiger partial charge in [-0.1, -0.05) is 18.5 Å². The lowest BCUT2D eigenvalue weighted by molar-refractivity contribution is 0.0119. The summed E-state index contributed by atoms with van der Waals surface area (Å²) in [6, 6.07) is 3.58. The van der Waals surface area contributed by atoms with Crippen LogP contribution in [-0.2, 0) is 4.74 Å². The predicted octanol–water partition coefficient (Wildman–Crippen LogP) is 2.57.